The number of rotatable bonds is 5. The molecule has 1 fully saturated rings. The van der Waals surface area contributed by atoms with E-state index in [2.05, 4.69) is 5.09 Å². The van der Waals surface area contributed by atoms with Gasteiger partial charge in [0.05, 0.1) is 0 Å². The third kappa shape index (κ3) is 3.90. The van der Waals surface area contributed by atoms with E-state index in [4.69, 9.17) is 4.52 Å². The van der Waals surface area contributed by atoms with E-state index >= 15 is 0 Å². The van der Waals surface area contributed by atoms with Crippen molar-refractivity contribution in [2.24, 2.45) is 0 Å². The molecule has 1 aliphatic rings. The minimum Gasteiger partial charge on any atom is -0.418 e. The highest BCUT2D eigenvalue weighted by molar-refractivity contribution is 7.55. The maximum absolute atomic E-state index is 13.7. The van der Waals surface area contributed by atoms with Crippen LogP contribution in [0, 0.1) is 0 Å². The molecule has 1 saturated heterocycles. The van der Waals surface area contributed by atoms with Crippen LogP contribution in [-0.4, -0.2) is 23.7 Å². The lowest BCUT2D eigenvalue weighted by molar-refractivity contribution is 0.0974. The van der Waals surface area contributed by atoms with Gasteiger partial charge in [-0.2, -0.15) is 0 Å². The zero-order valence-corrected chi connectivity index (χ0v) is 15.8. The highest BCUT2D eigenvalue weighted by Gasteiger charge is 2.37. The Kier molecular flexibility index (Phi) is 4.97. The van der Waals surface area contributed by atoms with Crippen LogP contribution in [0.3, 0.4) is 0 Å². The van der Waals surface area contributed by atoms with Crippen molar-refractivity contribution in [2.75, 3.05) is 13.1 Å². The maximum atomic E-state index is 13.7. The SMILES string of the molecule is O=C(NP(=O)(Oc1ccc2ccccc2c1)N1CCCC1)c1ccccc1. The summed E-state index contributed by atoms with van der Waals surface area (Å²) >= 11 is 0. The summed E-state index contributed by atoms with van der Waals surface area (Å²) in [6.45, 7) is 1.28. The summed E-state index contributed by atoms with van der Waals surface area (Å²) in [5.41, 5.74) is 0.457. The Morgan fingerprint density at radius 3 is 2.30 bits per heavy atom. The molecule has 0 saturated carbocycles. The van der Waals surface area contributed by atoms with Crippen molar-refractivity contribution < 1.29 is 13.9 Å². The Morgan fingerprint density at radius 2 is 1.56 bits per heavy atom. The summed E-state index contributed by atoms with van der Waals surface area (Å²) in [6.07, 6.45) is 1.87. The molecule has 0 aromatic heterocycles. The van der Waals surface area contributed by atoms with Gasteiger partial charge < -0.3 is 4.52 Å². The second kappa shape index (κ2) is 7.55. The van der Waals surface area contributed by atoms with Gasteiger partial charge in [0.15, 0.2) is 0 Å². The number of benzene rings is 3. The zero-order chi connectivity index (χ0) is 18.7. The first kappa shape index (κ1) is 17.8. The van der Waals surface area contributed by atoms with E-state index < -0.39 is 13.6 Å². The van der Waals surface area contributed by atoms with Crippen LogP contribution < -0.4 is 9.61 Å². The van der Waals surface area contributed by atoms with Gasteiger partial charge in [-0.3, -0.25) is 9.88 Å². The van der Waals surface area contributed by atoms with Crippen molar-refractivity contribution in [1.82, 2.24) is 9.76 Å². The molecule has 1 N–H and O–H groups in total. The van der Waals surface area contributed by atoms with Gasteiger partial charge in [-0.05, 0) is 47.9 Å². The number of amides is 1. The first-order chi connectivity index (χ1) is 13.1. The van der Waals surface area contributed by atoms with Gasteiger partial charge in [-0.25, -0.2) is 9.24 Å². The molecule has 1 aliphatic heterocycles. The van der Waals surface area contributed by atoms with Crippen LogP contribution in [0.25, 0.3) is 10.8 Å². The molecule has 0 spiro atoms. The molecule has 1 unspecified atom stereocenters. The summed E-state index contributed by atoms with van der Waals surface area (Å²) in [5.74, 6) is 0.0870. The molecule has 0 aliphatic carbocycles. The molecule has 4 rings (SSSR count). The topological polar surface area (TPSA) is 58.6 Å². The molecule has 3 aromatic rings. The quantitative estimate of drug-likeness (QED) is 0.643. The molecule has 138 valence electrons. The number of hydrogen-bond acceptors (Lipinski definition) is 3. The lowest BCUT2D eigenvalue weighted by Gasteiger charge is -2.27. The monoisotopic (exact) mass is 380 g/mol. The molecule has 5 nitrogen and oxygen atoms in total. The highest BCUT2D eigenvalue weighted by atomic mass is 31.2. The standard InChI is InChI=1S/C21H21N2O3P/c24-21(18-9-2-1-3-10-18)22-27(25,23-14-6-7-15-23)26-20-13-12-17-8-4-5-11-19(17)16-20/h1-5,8-13,16H,6-7,14-15H2,(H,22,24,25). The second-order valence-corrected chi connectivity index (χ2v) is 8.60. The van der Waals surface area contributed by atoms with E-state index in [1.54, 1.807) is 35.0 Å². The van der Waals surface area contributed by atoms with Gasteiger partial charge in [-0.1, -0.05) is 48.5 Å². The van der Waals surface area contributed by atoms with E-state index in [1.165, 1.54) is 0 Å². The van der Waals surface area contributed by atoms with Crippen LogP contribution in [0.5, 0.6) is 5.75 Å². The lowest BCUT2D eigenvalue weighted by atomic mass is 10.1. The van der Waals surface area contributed by atoms with Crippen LogP contribution in [0.4, 0.5) is 0 Å². The number of nitrogens with one attached hydrogen (secondary N) is 1. The van der Waals surface area contributed by atoms with Gasteiger partial charge in [0.2, 0.25) is 0 Å². The van der Waals surface area contributed by atoms with Gasteiger partial charge in [0.25, 0.3) is 5.91 Å². The third-order valence-electron chi connectivity index (χ3n) is 4.68. The Labute approximate surface area is 158 Å². The molecular weight excluding hydrogens is 359 g/mol. The normalized spacial score (nSPS) is 16.7. The highest BCUT2D eigenvalue weighted by Crippen LogP contribution is 2.49. The fourth-order valence-corrected chi connectivity index (χ4v) is 5.16. The van der Waals surface area contributed by atoms with E-state index in [0.29, 0.717) is 24.4 Å². The van der Waals surface area contributed by atoms with E-state index in [-0.39, 0.29) is 0 Å². The first-order valence-corrected chi connectivity index (χ1v) is 10.6. The largest absolute Gasteiger partial charge is 0.422 e. The van der Waals surface area contributed by atoms with Gasteiger partial charge in [-0.15, -0.1) is 0 Å². The molecule has 1 atom stereocenters. The van der Waals surface area contributed by atoms with Crippen LogP contribution in [0.15, 0.2) is 72.8 Å². The minimum absolute atomic E-state index is 0.397. The van der Waals surface area contributed by atoms with Crippen LogP contribution in [0.1, 0.15) is 23.2 Å². The molecule has 0 radical (unpaired) electrons. The van der Waals surface area contributed by atoms with Crippen LogP contribution >= 0.6 is 7.67 Å². The van der Waals surface area contributed by atoms with E-state index in [0.717, 1.165) is 23.6 Å². The van der Waals surface area contributed by atoms with Crippen molar-refractivity contribution in [2.45, 2.75) is 12.8 Å². The lowest BCUT2D eigenvalue weighted by Crippen LogP contribution is -2.32. The predicted octanol–water partition coefficient (Wildman–Crippen LogP) is 4.85. The van der Waals surface area contributed by atoms with Crippen molar-refractivity contribution in [3.8, 4) is 5.75 Å². The second-order valence-electron chi connectivity index (χ2n) is 6.59. The Morgan fingerprint density at radius 1 is 0.889 bits per heavy atom. The summed E-state index contributed by atoms with van der Waals surface area (Å²) < 4.78 is 21.4. The average Bonchev–Trinajstić information content (AvgIpc) is 3.24. The fourth-order valence-electron chi connectivity index (χ4n) is 3.26. The summed E-state index contributed by atoms with van der Waals surface area (Å²) in [6, 6.07) is 22.3. The molecular formula is C21H21N2O3P. The summed E-state index contributed by atoms with van der Waals surface area (Å²) in [7, 11) is -3.55. The summed E-state index contributed by atoms with van der Waals surface area (Å²) in [4.78, 5) is 12.6. The number of nitrogens with zero attached hydrogens (tertiary/aromatic N) is 1. The number of carbonyl (C=O) groups is 1. The Hall–Kier alpha value is -2.62. The van der Waals surface area contributed by atoms with E-state index in [9.17, 15) is 9.36 Å². The minimum atomic E-state index is -3.55. The van der Waals surface area contributed by atoms with Crippen LogP contribution in [-0.2, 0) is 4.57 Å². The molecule has 6 heteroatoms. The molecule has 27 heavy (non-hydrogen) atoms. The van der Waals surface area contributed by atoms with Gasteiger partial charge >= 0.3 is 7.67 Å². The molecule has 0 bridgehead atoms. The third-order valence-corrected chi connectivity index (χ3v) is 6.77. The van der Waals surface area contributed by atoms with Crippen molar-refractivity contribution in [1.29, 1.82) is 0 Å². The Bertz CT molecular complexity index is 1000. The molecule has 1 heterocycles. The van der Waals surface area contributed by atoms with Crippen molar-refractivity contribution in [3.63, 3.8) is 0 Å². The average molecular weight is 380 g/mol. The van der Waals surface area contributed by atoms with Crippen molar-refractivity contribution >= 4 is 24.3 Å². The van der Waals surface area contributed by atoms with Gasteiger partial charge in [0.1, 0.15) is 5.75 Å². The first-order valence-electron chi connectivity index (χ1n) is 9.06. The number of hydrogen-bond donors (Lipinski definition) is 1. The number of fused-ring (bicyclic) bond motifs is 1. The maximum Gasteiger partial charge on any atom is 0.422 e. The Balaban J connectivity index is 1.63. The molecule has 3 aromatic carbocycles. The number of carbonyl (C=O) groups excluding carboxylic acids is 1. The zero-order valence-electron chi connectivity index (χ0n) is 14.9. The van der Waals surface area contributed by atoms with E-state index in [1.807, 2.05) is 42.5 Å². The summed E-state index contributed by atoms with van der Waals surface area (Å²) in [5, 5.41) is 4.74. The molecule has 1 amide bonds. The van der Waals surface area contributed by atoms with Crippen molar-refractivity contribution in [3.05, 3.63) is 78.4 Å². The smallest absolute Gasteiger partial charge is 0.418 e. The predicted molar refractivity (Wildman–Crippen MR) is 107 cm³/mol. The fraction of sp³-hybridized carbons (Fsp3) is 0.190. The van der Waals surface area contributed by atoms with Crippen LogP contribution in [0.2, 0.25) is 0 Å². The van der Waals surface area contributed by atoms with Gasteiger partial charge in [0, 0.05) is 18.7 Å².